The highest BCUT2D eigenvalue weighted by molar-refractivity contribution is 6.60. The van der Waals surface area contributed by atoms with E-state index in [0.29, 0.717) is 45.4 Å². The van der Waals surface area contributed by atoms with Crippen molar-refractivity contribution in [2.45, 2.75) is 40.7 Å². The fourth-order valence-electron chi connectivity index (χ4n) is 1.77. The minimum absolute atomic E-state index is 0. The van der Waals surface area contributed by atoms with Gasteiger partial charge in [-0.1, -0.05) is 7.43 Å². The molecule has 0 spiro atoms. The summed E-state index contributed by atoms with van der Waals surface area (Å²) in [5, 5.41) is 2.68. The van der Waals surface area contributed by atoms with Gasteiger partial charge in [0.15, 0.2) is 0 Å². The first-order valence-corrected chi connectivity index (χ1v) is 9.38. The molecule has 0 saturated heterocycles. The van der Waals surface area contributed by atoms with Crippen LogP contribution in [0.25, 0.3) is 0 Å². The van der Waals surface area contributed by atoms with Gasteiger partial charge in [-0.2, -0.15) is 0 Å². The van der Waals surface area contributed by atoms with Crippen LogP contribution in [0.3, 0.4) is 0 Å². The van der Waals surface area contributed by atoms with E-state index >= 15 is 0 Å². The number of ether oxygens (including phenoxy) is 2. The summed E-state index contributed by atoms with van der Waals surface area (Å²) in [5.74, 6) is 0. The quantitative estimate of drug-likeness (QED) is 0.410. The molecule has 1 amide bonds. The van der Waals surface area contributed by atoms with Crippen LogP contribution < -0.4 is 5.32 Å². The normalized spacial score (nSPS) is 10.9. The number of carbonyl (C=O) groups excluding carboxylic acids is 1. The SMILES string of the molecule is C.CCO[Si](CCCNC(=O)OCCOC)(OCC)OCC. The third kappa shape index (κ3) is 11.0. The molecule has 22 heavy (non-hydrogen) atoms. The fourth-order valence-corrected chi connectivity index (χ4v) is 4.38. The van der Waals surface area contributed by atoms with Crippen LogP contribution in [0.15, 0.2) is 0 Å². The van der Waals surface area contributed by atoms with Crippen LogP contribution in [-0.4, -0.2) is 61.6 Å². The number of methoxy groups -OCH3 is 1. The second kappa shape index (κ2) is 15.2. The number of nitrogens with one attached hydrogen (secondary N) is 1. The molecule has 134 valence electrons. The summed E-state index contributed by atoms with van der Waals surface area (Å²) in [7, 11) is -1.05. The number of carbonyl (C=O) groups is 1. The van der Waals surface area contributed by atoms with E-state index in [2.05, 4.69) is 5.32 Å². The summed E-state index contributed by atoms with van der Waals surface area (Å²) in [6, 6.07) is 0.668. The maximum Gasteiger partial charge on any atom is 0.500 e. The van der Waals surface area contributed by atoms with Crippen molar-refractivity contribution in [3.05, 3.63) is 0 Å². The lowest BCUT2D eigenvalue weighted by molar-refractivity contribution is 0.0705. The summed E-state index contributed by atoms with van der Waals surface area (Å²) in [6.07, 6.45) is 0.273. The first-order valence-electron chi connectivity index (χ1n) is 7.45. The molecule has 0 unspecified atom stereocenters. The second-order valence-electron chi connectivity index (χ2n) is 4.14. The van der Waals surface area contributed by atoms with Gasteiger partial charge >= 0.3 is 14.9 Å². The van der Waals surface area contributed by atoms with E-state index in [1.54, 1.807) is 7.11 Å². The van der Waals surface area contributed by atoms with Crippen LogP contribution in [0.5, 0.6) is 0 Å². The van der Waals surface area contributed by atoms with Crippen LogP contribution in [-0.2, 0) is 22.8 Å². The van der Waals surface area contributed by atoms with E-state index < -0.39 is 14.9 Å². The van der Waals surface area contributed by atoms with E-state index in [4.69, 9.17) is 22.8 Å². The zero-order valence-electron chi connectivity index (χ0n) is 13.6. The van der Waals surface area contributed by atoms with Gasteiger partial charge in [-0.25, -0.2) is 4.79 Å². The van der Waals surface area contributed by atoms with Crippen molar-refractivity contribution in [2.24, 2.45) is 0 Å². The third-order valence-corrected chi connectivity index (χ3v) is 5.69. The molecule has 0 aromatic rings. The highest BCUT2D eigenvalue weighted by Crippen LogP contribution is 2.17. The number of rotatable bonds is 13. The molecule has 0 bridgehead atoms. The summed E-state index contributed by atoms with van der Waals surface area (Å²) >= 11 is 0. The Bertz CT molecular complexity index is 251. The zero-order valence-corrected chi connectivity index (χ0v) is 14.6. The number of hydrogen-bond donors (Lipinski definition) is 1. The van der Waals surface area contributed by atoms with Crippen molar-refractivity contribution < 1.29 is 27.5 Å². The minimum Gasteiger partial charge on any atom is -0.447 e. The van der Waals surface area contributed by atoms with Crippen molar-refractivity contribution in [3.8, 4) is 0 Å². The molecule has 0 aromatic carbocycles. The molecule has 0 atom stereocenters. The molecule has 0 saturated carbocycles. The van der Waals surface area contributed by atoms with Crippen molar-refractivity contribution in [1.82, 2.24) is 5.32 Å². The van der Waals surface area contributed by atoms with Crippen LogP contribution in [0, 0.1) is 0 Å². The molecule has 7 nitrogen and oxygen atoms in total. The van der Waals surface area contributed by atoms with Crippen molar-refractivity contribution in [2.75, 3.05) is 46.7 Å². The first-order chi connectivity index (χ1) is 10.1. The Morgan fingerprint density at radius 2 is 1.55 bits per heavy atom. The molecule has 0 aliphatic carbocycles. The summed E-state index contributed by atoms with van der Waals surface area (Å²) in [5.41, 5.74) is 0. The highest BCUT2D eigenvalue weighted by atomic mass is 28.4. The number of hydrogen-bond acceptors (Lipinski definition) is 6. The van der Waals surface area contributed by atoms with Gasteiger partial charge in [0.1, 0.15) is 6.61 Å². The van der Waals surface area contributed by atoms with E-state index in [1.165, 1.54) is 0 Å². The van der Waals surface area contributed by atoms with Crippen LogP contribution in [0.1, 0.15) is 34.6 Å². The average molecular weight is 340 g/mol. The molecular weight excluding hydrogens is 306 g/mol. The van der Waals surface area contributed by atoms with Gasteiger partial charge in [-0.15, -0.1) is 0 Å². The summed E-state index contributed by atoms with van der Waals surface area (Å²) in [4.78, 5) is 11.3. The Morgan fingerprint density at radius 3 is 2.00 bits per heavy atom. The number of alkyl carbamates (subject to hydrolysis) is 1. The Labute approximate surface area is 136 Å². The second-order valence-corrected chi connectivity index (χ2v) is 6.87. The zero-order chi connectivity index (χ0) is 16.0. The minimum atomic E-state index is -2.61. The van der Waals surface area contributed by atoms with E-state index in [0.717, 1.165) is 0 Å². The molecule has 0 fully saturated rings. The molecule has 0 rings (SSSR count). The van der Waals surface area contributed by atoms with Gasteiger partial charge in [0, 0.05) is 39.5 Å². The summed E-state index contributed by atoms with van der Waals surface area (Å²) < 4.78 is 26.9. The number of amides is 1. The van der Waals surface area contributed by atoms with Gasteiger partial charge in [0.25, 0.3) is 0 Å². The standard InChI is InChI=1S/C13H29NO6Si.CH4/c1-5-18-21(19-6-2,20-7-3)12-8-9-14-13(15)17-11-10-16-4;/h5-12H2,1-4H3,(H,14,15);1H4. The monoisotopic (exact) mass is 339 g/mol. The average Bonchev–Trinajstić information content (AvgIpc) is 2.45. The Morgan fingerprint density at radius 1 is 1.00 bits per heavy atom. The van der Waals surface area contributed by atoms with Gasteiger partial charge in [-0.3, -0.25) is 0 Å². The highest BCUT2D eigenvalue weighted by Gasteiger charge is 2.39. The van der Waals surface area contributed by atoms with Gasteiger partial charge in [0.05, 0.1) is 6.61 Å². The van der Waals surface area contributed by atoms with Crippen LogP contribution in [0.2, 0.25) is 6.04 Å². The van der Waals surface area contributed by atoms with Gasteiger partial charge in [0.2, 0.25) is 0 Å². The lowest BCUT2D eigenvalue weighted by Crippen LogP contribution is -2.46. The lowest BCUT2D eigenvalue weighted by Gasteiger charge is -2.28. The molecule has 8 heteroatoms. The third-order valence-electron chi connectivity index (χ3n) is 2.54. The molecule has 0 aliphatic rings. The molecule has 1 N–H and O–H groups in total. The predicted molar refractivity (Wildman–Crippen MR) is 88.0 cm³/mol. The topological polar surface area (TPSA) is 75.3 Å². The molecule has 0 aliphatic heterocycles. The Balaban J connectivity index is 0. The smallest absolute Gasteiger partial charge is 0.447 e. The molecular formula is C14H33NO6Si. The van der Waals surface area contributed by atoms with Crippen LogP contribution >= 0.6 is 0 Å². The lowest BCUT2D eigenvalue weighted by atomic mass is 10.5. The Hall–Kier alpha value is -0.673. The van der Waals surface area contributed by atoms with Gasteiger partial charge < -0.3 is 28.1 Å². The van der Waals surface area contributed by atoms with Gasteiger partial charge in [-0.05, 0) is 27.2 Å². The maximum atomic E-state index is 11.3. The van der Waals surface area contributed by atoms with E-state index in [1.807, 2.05) is 20.8 Å². The molecule has 0 heterocycles. The van der Waals surface area contributed by atoms with Crippen molar-refractivity contribution in [3.63, 3.8) is 0 Å². The molecule has 0 aromatic heterocycles. The fraction of sp³-hybridized carbons (Fsp3) is 0.929. The van der Waals surface area contributed by atoms with E-state index in [9.17, 15) is 4.79 Å². The van der Waals surface area contributed by atoms with Crippen molar-refractivity contribution >= 4 is 14.9 Å². The van der Waals surface area contributed by atoms with Crippen molar-refractivity contribution in [1.29, 1.82) is 0 Å². The Kier molecular flexibility index (Phi) is 16.3. The summed E-state index contributed by atoms with van der Waals surface area (Å²) in [6.45, 7) is 8.56. The first kappa shape index (κ1) is 23.6. The van der Waals surface area contributed by atoms with E-state index in [-0.39, 0.29) is 14.0 Å². The molecule has 0 radical (unpaired) electrons. The maximum absolute atomic E-state index is 11.3. The predicted octanol–water partition coefficient (Wildman–Crippen LogP) is 2.43. The largest absolute Gasteiger partial charge is 0.500 e. The van der Waals surface area contributed by atoms with Crippen LogP contribution in [0.4, 0.5) is 4.79 Å².